The third-order valence-electron chi connectivity index (χ3n) is 4.71. The number of para-hydroxylation sites is 1. The van der Waals surface area contributed by atoms with Crippen LogP contribution in [0.4, 0.5) is 5.69 Å². The van der Waals surface area contributed by atoms with E-state index in [2.05, 4.69) is 24.4 Å². The molecule has 0 aromatic heterocycles. The van der Waals surface area contributed by atoms with Crippen LogP contribution in [0, 0.1) is 11.8 Å². The molecule has 23 heavy (non-hydrogen) atoms. The fourth-order valence-corrected chi connectivity index (χ4v) is 2.97. The Labute approximate surface area is 138 Å². The number of amides is 1. The first-order valence-electron chi connectivity index (χ1n) is 8.37. The lowest BCUT2D eigenvalue weighted by atomic mass is 9.87. The number of rotatable bonds is 6. The van der Waals surface area contributed by atoms with Crippen LogP contribution in [0.15, 0.2) is 60.7 Å². The van der Waals surface area contributed by atoms with E-state index in [1.807, 2.05) is 53.4 Å². The van der Waals surface area contributed by atoms with Crippen LogP contribution in [-0.4, -0.2) is 25.5 Å². The Morgan fingerprint density at radius 1 is 1.09 bits per heavy atom. The molecule has 1 amide bonds. The molecule has 1 saturated heterocycles. The first-order chi connectivity index (χ1) is 11.3. The lowest BCUT2D eigenvalue weighted by molar-refractivity contribution is -0.124. The molecule has 1 aliphatic heterocycles. The van der Waals surface area contributed by atoms with Gasteiger partial charge in [0.1, 0.15) is 0 Å². The summed E-state index contributed by atoms with van der Waals surface area (Å²) in [6, 6.07) is 20.4. The van der Waals surface area contributed by atoms with Crippen molar-refractivity contribution in [1.82, 2.24) is 5.32 Å². The van der Waals surface area contributed by atoms with Gasteiger partial charge in [0.15, 0.2) is 0 Å². The van der Waals surface area contributed by atoms with Gasteiger partial charge in [-0.1, -0.05) is 55.5 Å². The van der Waals surface area contributed by atoms with Gasteiger partial charge in [-0.05, 0) is 43.1 Å². The van der Waals surface area contributed by atoms with E-state index in [0.717, 1.165) is 31.7 Å². The van der Waals surface area contributed by atoms with E-state index in [9.17, 15) is 4.79 Å². The minimum absolute atomic E-state index is 0.0622. The molecule has 1 unspecified atom stereocenters. The van der Waals surface area contributed by atoms with E-state index in [1.54, 1.807) is 0 Å². The second-order valence-corrected chi connectivity index (χ2v) is 6.27. The molecular formula is C20H24N2O. The standard InChI is InChI=1S/C20H24N2O/c1-16(18-14-21-15-18)20(23)22(19-10-6-3-7-11-19)13-12-17-8-4-2-5-9-17/h2-11,16,18,21H,12-15H2,1H3. The van der Waals surface area contributed by atoms with Crippen LogP contribution in [0.3, 0.4) is 0 Å². The highest BCUT2D eigenvalue weighted by molar-refractivity contribution is 5.95. The molecule has 2 aromatic carbocycles. The van der Waals surface area contributed by atoms with Crippen molar-refractivity contribution in [2.24, 2.45) is 11.8 Å². The Balaban J connectivity index is 1.74. The maximum Gasteiger partial charge on any atom is 0.230 e. The highest BCUT2D eigenvalue weighted by Crippen LogP contribution is 2.23. The Hall–Kier alpha value is -2.13. The van der Waals surface area contributed by atoms with Crippen molar-refractivity contribution >= 4 is 11.6 Å². The van der Waals surface area contributed by atoms with Crippen LogP contribution >= 0.6 is 0 Å². The second kappa shape index (κ2) is 7.42. The highest BCUT2D eigenvalue weighted by atomic mass is 16.2. The minimum Gasteiger partial charge on any atom is -0.316 e. The molecule has 2 aromatic rings. The Morgan fingerprint density at radius 2 is 1.70 bits per heavy atom. The number of nitrogens with zero attached hydrogens (tertiary/aromatic N) is 1. The van der Waals surface area contributed by atoms with Gasteiger partial charge >= 0.3 is 0 Å². The molecule has 0 aliphatic carbocycles. The quantitative estimate of drug-likeness (QED) is 0.889. The lowest BCUT2D eigenvalue weighted by Gasteiger charge is -2.35. The zero-order valence-electron chi connectivity index (χ0n) is 13.6. The molecular weight excluding hydrogens is 284 g/mol. The van der Waals surface area contributed by atoms with Gasteiger partial charge in [-0.3, -0.25) is 4.79 Å². The molecule has 3 rings (SSSR count). The van der Waals surface area contributed by atoms with Crippen molar-refractivity contribution in [3.05, 3.63) is 66.2 Å². The second-order valence-electron chi connectivity index (χ2n) is 6.27. The SMILES string of the molecule is CC(C(=O)N(CCc1ccccc1)c1ccccc1)C1CNC1. The zero-order chi connectivity index (χ0) is 16.1. The van der Waals surface area contributed by atoms with Gasteiger partial charge < -0.3 is 10.2 Å². The summed E-state index contributed by atoms with van der Waals surface area (Å²) < 4.78 is 0. The van der Waals surface area contributed by atoms with Crippen LogP contribution in [0.1, 0.15) is 12.5 Å². The molecule has 0 bridgehead atoms. The third kappa shape index (κ3) is 3.80. The van der Waals surface area contributed by atoms with Crippen LogP contribution in [0.5, 0.6) is 0 Å². The smallest absolute Gasteiger partial charge is 0.230 e. The average molecular weight is 308 g/mol. The summed E-state index contributed by atoms with van der Waals surface area (Å²) >= 11 is 0. The molecule has 0 spiro atoms. The normalized spacial score (nSPS) is 15.7. The van der Waals surface area contributed by atoms with E-state index in [4.69, 9.17) is 0 Å². The summed E-state index contributed by atoms with van der Waals surface area (Å²) in [5.74, 6) is 0.760. The topological polar surface area (TPSA) is 32.3 Å². The highest BCUT2D eigenvalue weighted by Gasteiger charge is 2.32. The number of anilines is 1. The summed E-state index contributed by atoms with van der Waals surface area (Å²) in [6.07, 6.45) is 0.872. The van der Waals surface area contributed by atoms with Crippen molar-refractivity contribution < 1.29 is 4.79 Å². The van der Waals surface area contributed by atoms with E-state index >= 15 is 0 Å². The fourth-order valence-electron chi connectivity index (χ4n) is 2.97. The molecule has 120 valence electrons. The van der Waals surface area contributed by atoms with Crippen LogP contribution in [0.2, 0.25) is 0 Å². The largest absolute Gasteiger partial charge is 0.316 e. The summed E-state index contributed by atoms with van der Waals surface area (Å²) in [6.45, 7) is 4.69. The van der Waals surface area contributed by atoms with E-state index in [1.165, 1.54) is 5.56 Å². The average Bonchev–Trinajstić information content (AvgIpc) is 2.55. The molecule has 1 aliphatic rings. The summed E-state index contributed by atoms with van der Waals surface area (Å²) in [4.78, 5) is 15.0. The maximum atomic E-state index is 13.0. The van der Waals surface area contributed by atoms with Gasteiger partial charge in [0.05, 0.1) is 0 Å². The number of hydrogen-bond acceptors (Lipinski definition) is 2. The zero-order valence-corrected chi connectivity index (χ0v) is 13.6. The predicted molar refractivity (Wildman–Crippen MR) is 94.5 cm³/mol. The Kier molecular flexibility index (Phi) is 5.09. The molecule has 0 radical (unpaired) electrons. The monoisotopic (exact) mass is 308 g/mol. The maximum absolute atomic E-state index is 13.0. The van der Waals surface area contributed by atoms with Gasteiger partial charge in [-0.2, -0.15) is 0 Å². The van der Waals surface area contributed by atoms with Crippen molar-refractivity contribution in [3.63, 3.8) is 0 Å². The van der Waals surface area contributed by atoms with Gasteiger partial charge in [0, 0.05) is 18.2 Å². The van der Waals surface area contributed by atoms with Gasteiger partial charge in [-0.25, -0.2) is 0 Å². The van der Waals surface area contributed by atoms with E-state index in [-0.39, 0.29) is 11.8 Å². The molecule has 3 nitrogen and oxygen atoms in total. The van der Waals surface area contributed by atoms with Crippen LogP contribution in [0.25, 0.3) is 0 Å². The lowest BCUT2D eigenvalue weighted by Crippen LogP contribution is -2.50. The summed E-state index contributed by atoms with van der Waals surface area (Å²) in [7, 11) is 0. The van der Waals surface area contributed by atoms with Gasteiger partial charge in [0.25, 0.3) is 0 Å². The molecule has 0 saturated carbocycles. The number of hydrogen-bond donors (Lipinski definition) is 1. The van der Waals surface area contributed by atoms with E-state index in [0.29, 0.717) is 5.92 Å². The third-order valence-corrected chi connectivity index (χ3v) is 4.71. The minimum atomic E-state index is 0.0622. The predicted octanol–water partition coefficient (Wildman–Crippen LogP) is 3.12. The molecule has 1 fully saturated rings. The number of nitrogens with one attached hydrogen (secondary N) is 1. The number of benzene rings is 2. The van der Waals surface area contributed by atoms with Crippen LogP contribution in [-0.2, 0) is 11.2 Å². The van der Waals surface area contributed by atoms with Crippen molar-refractivity contribution in [2.75, 3.05) is 24.5 Å². The molecule has 1 N–H and O–H groups in total. The van der Waals surface area contributed by atoms with Gasteiger partial charge in [0.2, 0.25) is 5.91 Å². The first kappa shape index (κ1) is 15.8. The molecule has 1 atom stereocenters. The summed E-state index contributed by atoms with van der Waals surface area (Å²) in [5, 5.41) is 3.26. The van der Waals surface area contributed by atoms with Crippen molar-refractivity contribution in [2.45, 2.75) is 13.3 Å². The fraction of sp³-hybridized carbons (Fsp3) is 0.350. The van der Waals surface area contributed by atoms with E-state index < -0.39 is 0 Å². The van der Waals surface area contributed by atoms with Crippen molar-refractivity contribution in [3.8, 4) is 0 Å². The summed E-state index contributed by atoms with van der Waals surface area (Å²) in [5.41, 5.74) is 2.26. The molecule has 1 heterocycles. The van der Waals surface area contributed by atoms with Crippen LogP contribution < -0.4 is 10.2 Å². The number of carbonyl (C=O) groups excluding carboxylic acids is 1. The first-order valence-corrected chi connectivity index (χ1v) is 8.37. The number of carbonyl (C=O) groups is 1. The molecule has 3 heteroatoms. The van der Waals surface area contributed by atoms with Gasteiger partial charge in [-0.15, -0.1) is 0 Å². The Morgan fingerprint density at radius 3 is 2.26 bits per heavy atom. The Bertz CT molecular complexity index is 623. The van der Waals surface area contributed by atoms with Crippen molar-refractivity contribution in [1.29, 1.82) is 0 Å².